The summed E-state index contributed by atoms with van der Waals surface area (Å²) in [6, 6.07) is 9.85. The number of carboxylic acid groups (broad SMARTS) is 1. The average molecular weight is 292 g/mol. The molecule has 0 amide bonds. The monoisotopic (exact) mass is 292 g/mol. The number of nitrogens with zero attached hydrogens (tertiary/aromatic N) is 3. The number of thioether (sulfide) groups is 1. The molecule has 0 radical (unpaired) electrons. The highest BCUT2D eigenvalue weighted by molar-refractivity contribution is 7.99. The Hall–Kier alpha value is -2.02. The van der Waals surface area contributed by atoms with Crippen LogP contribution in [0.25, 0.3) is 0 Å². The van der Waals surface area contributed by atoms with Gasteiger partial charge in [-0.05, 0) is 19.4 Å². The van der Waals surface area contributed by atoms with Crippen molar-refractivity contribution in [3.63, 3.8) is 0 Å². The minimum absolute atomic E-state index is 0.0961. The highest BCUT2D eigenvalue weighted by Gasteiger charge is 2.30. The van der Waals surface area contributed by atoms with Gasteiger partial charge in [-0.3, -0.25) is 4.79 Å². The van der Waals surface area contributed by atoms with Crippen molar-refractivity contribution in [2.45, 2.75) is 24.4 Å². The van der Waals surface area contributed by atoms with Crippen molar-refractivity contribution in [3.05, 3.63) is 41.7 Å². The number of carbonyl (C=O) groups is 1. The molecule has 0 bridgehead atoms. The zero-order valence-electron chi connectivity index (χ0n) is 11.3. The minimum atomic E-state index is -0.915. The maximum absolute atomic E-state index is 10.6. The molecule has 0 unspecified atom stereocenters. The van der Waals surface area contributed by atoms with Crippen LogP contribution in [-0.2, 0) is 10.2 Å². The number of benzene rings is 1. The van der Waals surface area contributed by atoms with E-state index in [9.17, 15) is 4.79 Å². The first kappa shape index (κ1) is 14.4. The molecule has 0 saturated heterocycles. The molecule has 1 heterocycles. The molecule has 0 fully saturated rings. The second-order valence-corrected chi connectivity index (χ2v) is 5.79. The average Bonchev–Trinajstić information content (AvgIpc) is 2.79. The number of aromatic nitrogens is 3. The van der Waals surface area contributed by atoms with Crippen molar-refractivity contribution in [2.24, 2.45) is 0 Å². The van der Waals surface area contributed by atoms with E-state index in [2.05, 4.69) is 10.2 Å². The summed E-state index contributed by atoms with van der Waals surface area (Å²) in [7, 11) is 0. The molecule has 20 heavy (non-hydrogen) atoms. The van der Waals surface area contributed by atoms with E-state index in [-0.39, 0.29) is 5.75 Å². The van der Waals surface area contributed by atoms with E-state index in [1.165, 1.54) is 4.68 Å². The molecule has 7 heteroatoms. The molecule has 0 spiro atoms. The first-order valence-electron chi connectivity index (χ1n) is 6.04. The minimum Gasteiger partial charge on any atom is -0.481 e. The number of nitrogen functional groups attached to an aromatic ring is 1. The molecule has 1 aromatic carbocycles. The van der Waals surface area contributed by atoms with Crippen LogP contribution < -0.4 is 5.84 Å². The lowest BCUT2D eigenvalue weighted by atomic mass is 9.84. The van der Waals surface area contributed by atoms with E-state index in [0.717, 1.165) is 17.3 Å². The largest absolute Gasteiger partial charge is 0.481 e. The van der Waals surface area contributed by atoms with Gasteiger partial charge in [-0.25, -0.2) is 4.68 Å². The first-order chi connectivity index (χ1) is 9.43. The maximum atomic E-state index is 10.6. The Morgan fingerprint density at radius 2 is 2.00 bits per heavy atom. The summed E-state index contributed by atoms with van der Waals surface area (Å²) in [6.07, 6.45) is 0. The quantitative estimate of drug-likeness (QED) is 0.640. The molecular formula is C13H16N4O2S. The molecule has 0 atom stereocenters. The maximum Gasteiger partial charge on any atom is 0.313 e. The van der Waals surface area contributed by atoms with Crippen molar-refractivity contribution in [3.8, 4) is 0 Å². The van der Waals surface area contributed by atoms with E-state index in [1.807, 2.05) is 44.2 Å². The van der Waals surface area contributed by atoms with Crippen LogP contribution in [0.2, 0.25) is 0 Å². The zero-order valence-corrected chi connectivity index (χ0v) is 12.1. The van der Waals surface area contributed by atoms with E-state index in [1.54, 1.807) is 0 Å². The number of hydrogen-bond donors (Lipinski definition) is 2. The SMILES string of the molecule is CC(C)(c1ccccc1)c1nnc(SCC(=O)O)n1N. The number of carboxylic acids is 1. The molecule has 0 aliphatic rings. The van der Waals surface area contributed by atoms with Crippen LogP contribution in [0.15, 0.2) is 35.5 Å². The second kappa shape index (κ2) is 5.54. The van der Waals surface area contributed by atoms with E-state index in [4.69, 9.17) is 10.9 Å². The summed E-state index contributed by atoms with van der Waals surface area (Å²) in [6.45, 7) is 4.00. The fraction of sp³-hybridized carbons (Fsp3) is 0.308. The number of nitrogens with two attached hydrogens (primary N) is 1. The standard InChI is InChI=1S/C13H16N4O2S/c1-13(2,9-6-4-3-5-7-9)11-15-16-12(17(11)14)20-8-10(18)19/h3-7H,8,14H2,1-2H3,(H,18,19). The third kappa shape index (κ3) is 2.77. The van der Waals surface area contributed by atoms with Crippen LogP contribution in [0.1, 0.15) is 25.2 Å². The van der Waals surface area contributed by atoms with Gasteiger partial charge in [0, 0.05) is 0 Å². The van der Waals surface area contributed by atoms with Crippen molar-refractivity contribution in [1.82, 2.24) is 14.9 Å². The molecule has 6 nitrogen and oxygen atoms in total. The van der Waals surface area contributed by atoms with Gasteiger partial charge in [0.05, 0.1) is 11.2 Å². The molecule has 0 aliphatic heterocycles. The van der Waals surface area contributed by atoms with Crippen molar-refractivity contribution in [2.75, 3.05) is 11.6 Å². The summed E-state index contributed by atoms with van der Waals surface area (Å²) in [5.74, 6) is 5.57. The highest BCUT2D eigenvalue weighted by atomic mass is 32.2. The van der Waals surface area contributed by atoms with Crippen LogP contribution in [0, 0.1) is 0 Å². The second-order valence-electron chi connectivity index (χ2n) is 4.85. The fourth-order valence-corrected chi connectivity index (χ4v) is 2.49. The Bertz CT molecular complexity index is 610. The van der Waals surface area contributed by atoms with Gasteiger partial charge in [0.2, 0.25) is 5.16 Å². The van der Waals surface area contributed by atoms with E-state index in [0.29, 0.717) is 11.0 Å². The highest BCUT2D eigenvalue weighted by Crippen LogP contribution is 2.30. The normalized spacial score (nSPS) is 11.5. The predicted molar refractivity (Wildman–Crippen MR) is 77.1 cm³/mol. The molecule has 2 rings (SSSR count). The van der Waals surface area contributed by atoms with Crippen LogP contribution >= 0.6 is 11.8 Å². The molecule has 3 N–H and O–H groups in total. The van der Waals surface area contributed by atoms with Gasteiger partial charge in [-0.1, -0.05) is 42.1 Å². The summed E-state index contributed by atoms with van der Waals surface area (Å²) in [4.78, 5) is 10.6. The lowest BCUT2D eigenvalue weighted by Gasteiger charge is -2.23. The lowest BCUT2D eigenvalue weighted by Crippen LogP contribution is -2.28. The number of hydrogen-bond acceptors (Lipinski definition) is 5. The van der Waals surface area contributed by atoms with Crippen LogP contribution in [0.3, 0.4) is 0 Å². The number of rotatable bonds is 5. The Kier molecular flexibility index (Phi) is 3.99. The summed E-state index contributed by atoms with van der Waals surface area (Å²) < 4.78 is 1.36. The molecule has 106 valence electrons. The summed E-state index contributed by atoms with van der Waals surface area (Å²) >= 11 is 1.05. The van der Waals surface area contributed by atoms with Gasteiger partial charge >= 0.3 is 5.97 Å². The van der Waals surface area contributed by atoms with Gasteiger partial charge in [-0.2, -0.15) is 0 Å². The molecule has 2 aromatic rings. The Morgan fingerprint density at radius 3 is 2.60 bits per heavy atom. The van der Waals surface area contributed by atoms with Crippen molar-refractivity contribution in [1.29, 1.82) is 0 Å². The smallest absolute Gasteiger partial charge is 0.313 e. The Balaban J connectivity index is 2.31. The van der Waals surface area contributed by atoms with E-state index >= 15 is 0 Å². The summed E-state index contributed by atoms with van der Waals surface area (Å²) in [5.41, 5.74) is 0.652. The van der Waals surface area contributed by atoms with Gasteiger partial charge in [-0.15, -0.1) is 10.2 Å². The predicted octanol–water partition coefficient (Wildman–Crippen LogP) is 1.49. The van der Waals surface area contributed by atoms with Crippen LogP contribution in [-0.4, -0.2) is 31.7 Å². The Morgan fingerprint density at radius 1 is 1.35 bits per heavy atom. The molecule has 0 saturated carbocycles. The van der Waals surface area contributed by atoms with Crippen LogP contribution in [0.5, 0.6) is 0 Å². The van der Waals surface area contributed by atoms with Gasteiger partial charge < -0.3 is 10.9 Å². The fourth-order valence-electron chi connectivity index (χ4n) is 1.91. The van der Waals surface area contributed by atoms with Gasteiger partial charge in [0.15, 0.2) is 5.82 Å². The van der Waals surface area contributed by atoms with Gasteiger partial charge in [0.25, 0.3) is 0 Å². The van der Waals surface area contributed by atoms with Crippen molar-refractivity contribution < 1.29 is 9.90 Å². The lowest BCUT2D eigenvalue weighted by molar-refractivity contribution is -0.133. The topological polar surface area (TPSA) is 94.0 Å². The molecule has 0 aliphatic carbocycles. The molecular weight excluding hydrogens is 276 g/mol. The third-order valence-corrected chi connectivity index (χ3v) is 3.97. The third-order valence-electron chi connectivity index (χ3n) is 3.04. The van der Waals surface area contributed by atoms with E-state index < -0.39 is 11.4 Å². The zero-order chi connectivity index (χ0) is 14.8. The van der Waals surface area contributed by atoms with Crippen LogP contribution in [0.4, 0.5) is 0 Å². The Labute approximate surface area is 121 Å². The first-order valence-corrected chi connectivity index (χ1v) is 7.02. The summed E-state index contributed by atoms with van der Waals surface area (Å²) in [5, 5.41) is 17.2. The van der Waals surface area contributed by atoms with Crippen molar-refractivity contribution >= 4 is 17.7 Å². The van der Waals surface area contributed by atoms with Gasteiger partial charge in [0.1, 0.15) is 0 Å². The number of aliphatic carboxylic acids is 1. The molecule has 1 aromatic heterocycles.